The van der Waals surface area contributed by atoms with Gasteiger partial charge in [-0.25, -0.2) is 4.79 Å². The number of cyclic esters (lactones) is 1. The molecule has 0 aromatic heterocycles. The minimum Gasteiger partial charge on any atom is -0.493 e. The van der Waals surface area contributed by atoms with Crippen molar-refractivity contribution in [1.82, 2.24) is 0 Å². The van der Waals surface area contributed by atoms with E-state index in [1.54, 1.807) is 24.3 Å². The lowest BCUT2D eigenvalue weighted by molar-refractivity contribution is -0.136. The first-order valence-electron chi connectivity index (χ1n) is 9.84. The second-order valence-electron chi connectivity index (χ2n) is 7.11. The fourth-order valence-electron chi connectivity index (χ4n) is 3.88. The van der Waals surface area contributed by atoms with Crippen molar-refractivity contribution in [2.24, 2.45) is 0 Å². The number of aliphatic hydroxyl groups is 1. The molecule has 0 fully saturated rings. The average Bonchev–Trinajstić information content (AvgIpc) is 3.44. The number of esters is 1. The van der Waals surface area contributed by atoms with E-state index < -0.39 is 12.1 Å². The summed E-state index contributed by atoms with van der Waals surface area (Å²) >= 11 is 0. The number of aliphatic hydroxyl groups excluding tert-OH is 1. The maximum absolute atomic E-state index is 12.5. The van der Waals surface area contributed by atoms with E-state index in [1.807, 2.05) is 0 Å². The van der Waals surface area contributed by atoms with E-state index in [0.717, 1.165) is 0 Å². The summed E-state index contributed by atoms with van der Waals surface area (Å²) in [6.07, 6.45) is -0.930. The smallest absolute Gasteiger partial charge is 0.334 e. The highest BCUT2D eigenvalue weighted by atomic mass is 16.7. The van der Waals surface area contributed by atoms with Crippen LogP contribution in [0.1, 0.15) is 17.2 Å². The zero-order chi connectivity index (χ0) is 22.8. The Morgan fingerprint density at radius 2 is 1.62 bits per heavy atom. The van der Waals surface area contributed by atoms with Gasteiger partial charge in [0.15, 0.2) is 23.0 Å². The van der Waals surface area contributed by atoms with Crippen molar-refractivity contribution in [1.29, 1.82) is 0 Å². The van der Waals surface area contributed by atoms with Crippen LogP contribution < -0.4 is 28.4 Å². The molecule has 2 heterocycles. The van der Waals surface area contributed by atoms with Gasteiger partial charge in [0.05, 0.1) is 28.4 Å². The fourth-order valence-corrected chi connectivity index (χ4v) is 3.88. The minimum atomic E-state index is -1.12. The van der Waals surface area contributed by atoms with Crippen molar-refractivity contribution in [2.45, 2.75) is 12.5 Å². The van der Waals surface area contributed by atoms with Gasteiger partial charge in [0.2, 0.25) is 18.3 Å². The van der Waals surface area contributed by atoms with Gasteiger partial charge < -0.3 is 38.3 Å². The third-order valence-corrected chi connectivity index (χ3v) is 5.47. The molecule has 0 bridgehead atoms. The first-order chi connectivity index (χ1) is 15.5. The first kappa shape index (κ1) is 21.6. The number of fused-ring (bicyclic) bond motifs is 1. The minimum absolute atomic E-state index is 0.0289. The van der Waals surface area contributed by atoms with E-state index >= 15 is 0 Å². The van der Waals surface area contributed by atoms with Gasteiger partial charge in [-0.1, -0.05) is 6.07 Å². The van der Waals surface area contributed by atoms with Gasteiger partial charge in [0, 0.05) is 23.1 Å². The van der Waals surface area contributed by atoms with Gasteiger partial charge in [-0.15, -0.1) is 0 Å². The van der Waals surface area contributed by atoms with Crippen molar-refractivity contribution >= 4 is 5.97 Å². The number of carbonyl (C=O) groups is 1. The normalized spacial score (nSPS) is 15.5. The molecule has 2 aliphatic rings. The second kappa shape index (κ2) is 8.88. The van der Waals surface area contributed by atoms with Gasteiger partial charge in [-0.2, -0.15) is 0 Å². The highest BCUT2D eigenvalue weighted by Gasteiger charge is 2.33. The molecule has 0 saturated carbocycles. The van der Waals surface area contributed by atoms with Gasteiger partial charge >= 0.3 is 5.97 Å². The standard InChI is InChI=1S/C23H24O9/c1-26-17-8-13(9-18(27-2)21(17)29-4)19(24)15-10-30-23(25)14(15)7-12-5-6-16-22(20(12)28-3)32-11-31-16/h5-6,8-9,19,24H,7,10-11H2,1-4H3/t19-/m1/s1. The predicted octanol–water partition coefficient (Wildman–Crippen LogP) is 2.58. The molecule has 0 saturated heterocycles. The van der Waals surface area contributed by atoms with Crippen molar-refractivity contribution in [2.75, 3.05) is 41.8 Å². The third kappa shape index (κ3) is 3.64. The molecule has 2 aromatic rings. The number of methoxy groups -OCH3 is 4. The van der Waals surface area contributed by atoms with Crippen LogP contribution in [0.25, 0.3) is 0 Å². The van der Waals surface area contributed by atoms with Crippen molar-refractivity contribution < 1.29 is 43.1 Å². The fraction of sp³-hybridized carbons (Fsp3) is 0.348. The van der Waals surface area contributed by atoms with Crippen LogP contribution in [-0.2, 0) is 16.0 Å². The topological polar surface area (TPSA) is 102 Å². The van der Waals surface area contributed by atoms with Crippen LogP contribution in [0.2, 0.25) is 0 Å². The number of hydrogen-bond donors (Lipinski definition) is 1. The van der Waals surface area contributed by atoms with E-state index in [0.29, 0.717) is 56.8 Å². The van der Waals surface area contributed by atoms with E-state index in [-0.39, 0.29) is 19.8 Å². The molecule has 2 aliphatic heterocycles. The number of hydrogen-bond acceptors (Lipinski definition) is 9. The first-order valence-corrected chi connectivity index (χ1v) is 9.84. The van der Waals surface area contributed by atoms with Crippen molar-refractivity contribution in [3.05, 3.63) is 46.5 Å². The van der Waals surface area contributed by atoms with Crippen molar-refractivity contribution in [3.63, 3.8) is 0 Å². The molecule has 1 atom stereocenters. The Labute approximate surface area is 185 Å². The molecular formula is C23H24O9. The summed E-state index contributed by atoms with van der Waals surface area (Å²) < 4.78 is 37.8. The Morgan fingerprint density at radius 1 is 0.938 bits per heavy atom. The molecule has 4 rings (SSSR count). The summed E-state index contributed by atoms with van der Waals surface area (Å²) in [6, 6.07) is 6.84. The van der Waals surface area contributed by atoms with Crippen LogP contribution in [0.3, 0.4) is 0 Å². The summed E-state index contributed by atoms with van der Waals surface area (Å²) in [5.41, 5.74) is 1.98. The van der Waals surface area contributed by atoms with Crippen LogP contribution in [0.15, 0.2) is 35.4 Å². The lowest BCUT2D eigenvalue weighted by Gasteiger charge is -2.18. The maximum atomic E-state index is 12.5. The summed E-state index contributed by atoms with van der Waals surface area (Å²) in [5, 5.41) is 11.2. The molecule has 9 heteroatoms. The Bertz CT molecular complexity index is 1050. The number of rotatable bonds is 8. The van der Waals surface area contributed by atoms with Gasteiger partial charge in [0.1, 0.15) is 12.7 Å². The molecule has 0 unspecified atom stereocenters. The number of ether oxygens (including phenoxy) is 7. The molecule has 0 spiro atoms. The summed E-state index contributed by atoms with van der Waals surface area (Å²) in [4.78, 5) is 12.5. The lowest BCUT2D eigenvalue weighted by Crippen LogP contribution is -2.08. The lowest BCUT2D eigenvalue weighted by atomic mass is 9.94. The highest BCUT2D eigenvalue weighted by molar-refractivity contribution is 5.92. The molecular weight excluding hydrogens is 420 g/mol. The Kier molecular flexibility index (Phi) is 6.00. The van der Waals surface area contributed by atoms with Gasteiger partial charge in [0.25, 0.3) is 0 Å². The van der Waals surface area contributed by atoms with Crippen LogP contribution in [0, 0.1) is 0 Å². The van der Waals surface area contributed by atoms with E-state index in [4.69, 9.17) is 33.2 Å². The van der Waals surface area contributed by atoms with Crippen LogP contribution >= 0.6 is 0 Å². The van der Waals surface area contributed by atoms with E-state index in [9.17, 15) is 9.90 Å². The summed E-state index contributed by atoms with van der Waals surface area (Å²) in [5.74, 6) is 2.25. The van der Waals surface area contributed by atoms with E-state index in [1.165, 1.54) is 28.4 Å². The van der Waals surface area contributed by atoms with E-state index in [2.05, 4.69) is 0 Å². The second-order valence-corrected chi connectivity index (χ2v) is 7.11. The third-order valence-electron chi connectivity index (χ3n) is 5.47. The monoisotopic (exact) mass is 444 g/mol. The quantitative estimate of drug-likeness (QED) is 0.616. The largest absolute Gasteiger partial charge is 0.493 e. The van der Waals surface area contributed by atoms with Crippen LogP contribution in [0.4, 0.5) is 0 Å². The number of carbonyl (C=O) groups excluding carboxylic acids is 1. The zero-order valence-corrected chi connectivity index (χ0v) is 18.2. The highest BCUT2D eigenvalue weighted by Crippen LogP contribution is 2.45. The SMILES string of the molecule is COc1cc([C@@H](O)C2=C(Cc3ccc4c(c3OC)OCO4)C(=O)OC2)cc(OC)c1OC. The molecule has 0 aliphatic carbocycles. The molecule has 0 radical (unpaired) electrons. The molecule has 2 aromatic carbocycles. The van der Waals surface area contributed by atoms with Crippen LogP contribution in [0.5, 0.6) is 34.5 Å². The molecule has 9 nitrogen and oxygen atoms in total. The summed E-state index contributed by atoms with van der Waals surface area (Å²) in [6.45, 7) is 0.0733. The molecule has 1 N–H and O–H groups in total. The average molecular weight is 444 g/mol. The predicted molar refractivity (Wildman–Crippen MR) is 112 cm³/mol. The summed E-state index contributed by atoms with van der Waals surface area (Å²) in [7, 11) is 6.01. The number of benzene rings is 2. The van der Waals surface area contributed by atoms with Gasteiger partial charge in [-0.3, -0.25) is 0 Å². The molecule has 32 heavy (non-hydrogen) atoms. The Morgan fingerprint density at radius 3 is 2.25 bits per heavy atom. The molecule has 170 valence electrons. The maximum Gasteiger partial charge on any atom is 0.334 e. The Hall–Kier alpha value is -3.59. The molecule has 0 amide bonds. The Balaban J connectivity index is 1.73. The zero-order valence-electron chi connectivity index (χ0n) is 18.2. The van der Waals surface area contributed by atoms with Gasteiger partial charge in [-0.05, 0) is 23.8 Å². The van der Waals surface area contributed by atoms with Crippen molar-refractivity contribution in [3.8, 4) is 34.5 Å². The van der Waals surface area contributed by atoms with Crippen LogP contribution in [-0.4, -0.2) is 52.9 Å².